The molecule has 0 aromatic carbocycles. The molecular formula is C10H19NO2. The molecule has 1 heterocycles. The molecule has 1 aliphatic rings. The van der Waals surface area contributed by atoms with Gasteiger partial charge in [-0.2, -0.15) is 0 Å². The van der Waals surface area contributed by atoms with Crippen LogP contribution in [0.3, 0.4) is 0 Å². The van der Waals surface area contributed by atoms with Crippen molar-refractivity contribution in [2.24, 2.45) is 5.92 Å². The van der Waals surface area contributed by atoms with Crippen LogP contribution >= 0.6 is 0 Å². The zero-order valence-electron chi connectivity index (χ0n) is 8.49. The molecular weight excluding hydrogens is 166 g/mol. The zero-order chi connectivity index (χ0) is 9.84. The van der Waals surface area contributed by atoms with Gasteiger partial charge >= 0.3 is 0 Å². The number of carbonyl (C=O) groups is 1. The second kappa shape index (κ2) is 4.61. The lowest BCUT2D eigenvalue weighted by Gasteiger charge is -2.21. The van der Waals surface area contributed by atoms with E-state index in [0.717, 1.165) is 19.4 Å². The van der Waals surface area contributed by atoms with Crippen LogP contribution < -0.4 is 0 Å². The normalized spacial score (nSPS) is 27.2. The minimum absolute atomic E-state index is 0.199. The van der Waals surface area contributed by atoms with Crippen LogP contribution in [0.1, 0.15) is 33.1 Å². The summed E-state index contributed by atoms with van der Waals surface area (Å²) in [7, 11) is 0. The first-order valence-corrected chi connectivity index (χ1v) is 5.05. The summed E-state index contributed by atoms with van der Waals surface area (Å²) in [5.74, 6) is 0.841. The zero-order valence-corrected chi connectivity index (χ0v) is 8.49. The topological polar surface area (TPSA) is 40.5 Å². The monoisotopic (exact) mass is 185 g/mol. The molecule has 3 nitrogen and oxygen atoms in total. The first kappa shape index (κ1) is 10.5. The minimum Gasteiger partial charge on any atom is -0.392 e. The number of β-amino-alcohol motifs (C(OH)–C–C–N with tert-alkyl or cyclic N) is 1. The number of likely N-dealkylation sites (tertiary alicyclic amines) is 1. The summed E-state index contributed by atoms with van der Waals surface area (Å²) in [6, 6.07) is 0. The molecule has 0 radical (unpaired) electrons. The molecule has 76 valence electrons. The first-order chi connectivity index (χ1) is 6.09. The molecule has 2 unspecified atom stereocenters. The Morgan fingerprint density at radius 2 is 2.31 bits per heavy atom. The van der Waals surface area contributed by atoms with Crippen LogP contribution in [0.15, 0.2) is 0 Å². The third kappa shape index (κ3) is 3.35. The molecule has 1 fully saturated rings. The van der Waals surface area contributed by atoms with Gasteiger partial charge in [0.15, 0.2) is 0 Å². The van der Waals surface area contributed by atoms with Gasteiger partial charge < -0.3 is 10.0 Å². The van der Waals surface area contributed by atoms with Crippen LogP contribution in [-0.4, -0.2) is 35.1 Å². The predicted octanol–water partition coefficient (Wildman–Crippen LogP) is 1.02. The van der Waals surface area contributed by atoms with Crippen LogP contribution in [-0.2, 0) is 4.79 Å². The number of amides is 1. The van der Waals surface area contributed by atoms with Gasteiger partial charge in [0.2, 0.25) is 5.91 Å². The Balaban J connectivity index is 2.47. The van der Waals surface area contributed by atoms with Crippen LogP contribution in [0, 0.1) is 5.92 Å². The standard InChI is InChI=1S/C10H19NO2/c1-8-3-4-10(13)11(6-5-8)7-9(2)12/h8-9,12H,3-7H2,1-2H3. The summed E-state index contributed by atoms with van der Waals surface area (Å²) in [4.78, 5) is 13.3. The minimum atomic E-state index is -0.405. The Hall–Kier alpha value is -0.570. The van der Waals surface area contributed by atoms with Gasteiger partial charge in [-0.05, 0) is 25.7 Å². The number of aliphatic hydroxyl groups is 1. The first-order valence-electron chi connectivity index (χ1n) is 5.05. The van der Waals surface area contributed by atoms with Gasteiger partial charge in [-0.25, -0.2) is 0 Å². The van der Waals surface area contributed by atoms with Gasteiger partial charge in [-0.1, -0.05) is 6.92 Å². The second-order valence-corrected chi connectivity index (χ2v) is 4.12. The summed E-state index contributed by atoms with van der Waals surface area (Å²) in [5.41, 5.74) is 0. The van der Waals surface area contributed by atoms with E-state index in [2.05, 4.69) is 6.92 Å². The molecule has 13 heavy (non-hydrogen) atoms. The van der Waals surface area contributed by atoms with E-state index < -0.39 is 6.10 Å². The van der Waals surface area contributed by atoms with Gasteiger partial charge in [-0.3, -0.25) is 4.79 Å². The van der Waals surface area contributed by atoms with Gasteiger partial charge in [0.1, 0.15) is 0 Å². The largest absolute Gasteiger partial charge is 0.392 e. The highest BCUT2D eigenvalue weighted by molar-refractivity contribution is 5.76. The molecule has 0 aromatic heterocycles. The van der Waals surface area contributed by atoms with Crippen molar-refractivity contribution in [3.05, 3.63) is 0 Å². The van der Waals surface area contributed by atoms with Gasteiger partial charge in [0.05, 0.1) is 6.10 Å². The molecule has 3 heteroatoms. The Bertz CT molecular complexity index is 180. The van der Waals surface area contributed by atoms with Crippen molar-refractivity contribution in [2.45, 2.75) is 39.2 Å². The van der Waals surface area contributed by atoms with Gasteiger partial charge in [0, 0.05) is 19.5 Å². The van der Waals surface area contributed by atoms with E-state index in [1.165, 1.54) is 0 Å². The van der Waals surface area contributed by atoms with E-state index in [0.29, 0.717) is 18.9 Å². The Morgan fingerprint density at radius 1 is 1.62 bits per heavy atom. The Labute approximate surface area is 79.7 Å². The third-order valence-corrected chi connectivity index (χ3v) is 2.58. The summed E-state index contributed by atoms with van der Waals surface area (Å²) in [6.45, 7) is 5.21. The van der Waals surface area contributed by atoms with Crippen molar-refractivity contribution < 1.29 is 9.90 Å². The highest BCUT2D eigenvalue weighted by atomic mass is 16.3. The summed E-state index contributed by atoms with van der Waals surface area (Å²) in [6.07, 6.45) is 2.30. The van der Waals surface area contributed by atoms with E-state index in [9.17, 15) is 9.90 Å². The molecule has 0 bridgehead atoms. The maximum atomic E-state index is 11.5. The van der Waals surface area contributed by atoms with E-state index >= 15 is 0 Å². The summed E-state index contributed by atoms with van der Waals surface area (Å²) < 4.78 is 0. The fraction of sp³-hybridized carbons (Fsp3) is 0.900. The van der Waals surface area contributed by atoms with Crippen LogP contribution in [0.5, 0.6) is 0 Å². The Morgan fingerprint density at radius 3 is 2.92 bits per heavy atom. The SMILES string of the molecule is CC(O)CN1CCC(C)CCC1=O. The number of carbonyl (C=O) groups excluding carboxylic acids is 1. The molecule has 0 saturated carbocycles. The van der Waals surface area contributed by atoms with Crippen molar-refractivity contribution in [2.75, 3.05) is 13.1 Å². The quantitative estimate of drug-likeness (QED) is 0.697. The van der Waals surface area contributed by atoms with Crippen molar-refractivity contribution in [3.63, 3.8) is 0 Å². The van der Waals surface area contributed by atoms with E-state index in [-0.39, 0.29) is 5.91 Å². The van der Waals surface area contributed by atoms with Crippen molar-refractivity contribution in [1.82, 2.24) is 4.90 Å². The van der Waals surface area contributed by atoms with E-state index in [1.54, 1.807) is 11.8 Å². The van der Waals surface area contributed by atoms with Crippen molar-refractivity contribution >= 4 is 5.91 Å². The molecule has 0 aliphatic carbocycles. The maximum absolute atomic E-state index is 11.5. The van der Waals surface area contributed by atoms with Crippen LogP contribution in [0.2, 0.25) is 0 Å². The highest BCUT2D eigenvalue weighted by Crippen LogP contribution is 2.17. The lowest BCUT2D eigenvalue weighted by atomic mass is 10.0. The van der Waals surface area contributed by atoms with Crippen molar-refractivity contribution in [1.29, 1.82) is 0 Å². The van der Waals surface area contributed by atoms with Gasteiger partial charge in [0.25, 0.3) is 0 Å². The van der Waals surface area contributed by atoms with Crippen LogP contribution in [0.25, 0.3) is 0 Å². The Kier molecular flexibility index (Phi) is 3.72. The molecule has 0 spiro atoms. The highest BCUT2D eigenvalue weighted by Gasteiger charge is 2.20. The number of nitrogens with zero attached hydrogens (tertiary/aromatic N) is 1. The molecule has 2 atom stereocenters. The van der Waals surface area contributed by atoms with E-state index in [1.807, 2.05) is 0 Å². The second-order valence-electron chi connectivity index (χ2n) is 4.12. The number of rotatable bonds is 2. The van der Waals surface area contributed by atoms with Gasteiger partial charge in [-0.15, -0.1) is 0 Å². The molecule has 0 aromatic rings. The third-order valence-electron chi connectivity index (χ3n) is 2.58. The maximum Gasteiger partial charge on any atom is 0.222 e. The predicted molar refractivity (Wildman–Crippen MR) is 51.3 cm³/mol. The summed E-state index contributed by atoms with van der Waals surface area (Å²) >= 11 is 0. The molecule has 1 aliphatic heterocycles. The average Bonchev–Trinajstić information content (AvgIpc) is 2.19. The summed E-state index contributed by atoms with van der Waals surface area (Å²) in [5, 5.41) is 9.19. The molecule has 1 rings (SSSR count). The van der Waals surface area contributed by atoms with E-state index in [4.69, 9.17) is 0 Å². The fourth-order valence-corrected chi connectivity index (χ4v) is 1.69. The average molecular weight is 185 g/mol. The van der Waals surface area contributed by atoms with Crippen LogP contribution in [0.4, 0.5) is 0 Å². The molecule has 1 N–H and O–H groups in total. The fourth-order valence-electron chi connectivity index (χ4n) is 1.69. The number of hydrogen-bond acceptors (Lipinski definition) is 2. The van der Waals surface area contributed by atoms with Crippen molar-refractivity contribution in [3.8, 4) is 0 Å². The lowest BCUT2D eigenvalue weighted by molar-refractivity contribution is -0.131. The number of hydrogen-bond donors (Lipinski definition) is 1. The lowest BCUT2D eigenvalue weighted by Crippen LogP contribution is -2.36. The molecule has 1 saturated heterocycles. The molecule has 1 amide bonds. The number of aliphatic hydroxyl groups excluding tert-OH is 1. The smallest absolute Gasteiger partial charge is 0.222 e.